The summed E-state index contributed by atoms with van der Waals surface area (Å²) in [4.78, 5) is 4.25. The zero-order chi connectivity index (χ0) is 14.7. The Kier molecular flexibility index (Phi) is 4.74. The fourth-order valence-corrected chi connectivity index (χ4v) is 4.42. The number of hydrogen-bond donors (Lipinski definition) is 1. The molecule has 2 aromatic rings. The molecule has 1 atom stereocenters. The Balaban J connectivity index is 1.57. The van der Waals surface area contributed by atoms with Crippen LogP contribution in [0.15, 0.2) is 8.86 Å². The van der Waals surface area contributed by atoms with Crippen molar-refractivity contribution in [2.45, 2.75) is 61.6 Å². The molecule has 3 rings (SSSR count). The molecular weight excluding hydrogens is 306 g/mol. The Bertz CT molecular complexity index is 579. The lowest BCUT2D eigenvalue weighted by Gasteiger charge is -2.21. The van der Waals surface area contributed by atoms with Gasteiger partial charge in [0.1, 0.15) is 0 Å². The zero-order valence-corrected chi connectivity index (χ0v) is 13.8. The summed E-state index contributed by atoms with van der Waals surface area (Å²) in [6.07, 6.45) is 6.45. The molecule has 0 saturated heterocycles. The van der Waals surface area contributed by atoms with Gasteiger partial charge in [-0.05, 0) is 26.7 Å². The van der Waals surface area contributed by atoms with Crippen molar-refractivity contribution in [3.63, 3.8) is 0 Å². The molecule has 0 aromatic carbocycles. The minimum absolute atomic E-state index is 0.0849. The highest BCUT2D eigenvalue weighted by atomic mass is 32.2. The Hall–Kier alpha value is -1.15. The molecule has 0 radical (unpaired) electrons. The van der Waals surface area contributed by atoms with E-state index >= 15 is 0 Å². The summed E-state index contributed by atoms with van der Waals surface area (Å²) in [5, 5.41) is 16.8. The maximum absolute atomic E-state index is 5.19. The van der Waals surface area contributed by atoms with Gasteiger partial charge in [0.2, 0.25) is 11.0 Å². The number of rotatable bonds is 5. The van der Waals surface area contributed by atoms with Crippen LogP contribution in [0, 0.1) is 6.92 Å². The number of aryl methyl sites for hydroxylation is 1. The van der Waals surface area contributed by atoms with Crippen LogP contribution in [0.3, 0.4) is 0 Å². The molecule has 1 N–H and O–H groups in total. The maximum Gasteiger partial charge on any atom is 0.239 e. The standard InChI is InChI=1S/C13H19N5OS2/c1-8(11-14-9(2)18-19-11)20-13-17-16-12(21-13)15-10-6-4-3-5-7-10/h8,10H,3-7H2,1-2H3,(H,15,16). The van der Waals surface area contributed by atoms with Crippen molar-refractivity contribution in [2.24, 2.45) is 0 Å². The van der Waals surface area contributed by atoms with Crippen molar-refractivity contribution in [3.05, 3.63) is 11.7 Å². The van der Waals surface area contributed by atoms with Crippen LogP contribution in [-0.2, 0) is 0 Å². The third-order valence-electron chi connectivity index (χ3n) is 3.51. The minimum atomic E-state index is 0.0849. The predicted molar refractivity (Wildman–Crippen MR) is 83.7 cm³/mol. The van der Waals surface area contributed by atoms with Crippen LogP contribution in [0.2, 0.25) is 0 Å². The molecule has 1 aliphatic rings. The predicted octanol–water partition coefficient (Wildman–Crippen LogP) is 3.83. The monoisotopic (exact) mass is 325 g/mol. The molecule has 6 nitrogen and oxygen atoms in total. The van der Waals surface area contributed by atoms with Gasteiger partial charge >= 0.3 is 0 Å². The van der Waals surface area contributed by atoms with Crippen molar-refractivity contribution in [2.75, 3.05) is 5.32 Å². The SMILES string of the molecule is Cc1noc(C(C)Sc2nnc(NC3CCCCC3)s2)n1. The Morgan fingerprint density at radius 3 is 2.81 bits per heavy atom. The molecule has 114 valence electrons. The summed E-state index contributed by atoms with van der Waals surface area (Å²) in [5.41, 5.74) is 0. The first-order chi connectivity index (χ1) is 10.2. The highest BCUT2D eigenvalue weighted by molar-refractivity contribution is 8.01. The average Bonchev–Trinajstić information content (AvgIpc) is 3.09. The molecule has 1 fully saturated rings. The van der Waals surface area contributed by atoms with Gasteiger partial charge in [-0.3, -0.25) is 0 Å². The van der Waals surface area contributed by atoms with Gasteiger partial charge in [-0.25, -0.2) is 0 Å². The first-order valence-corrected chi connectivity index (χ1v) is 8.97. The van der Waals surface area contributed by atoms with Crippen molar-refractivity contribution in [1.82, 2.24) is 20.3 Å². The molecule has 0 bridgehead atoms. The largest absolute Gasteiger partial charge is 0.357 e. The third kappa shape index (κ3) is 3.94. The van der Waals surface area contributed by atoms with Gasteiger partial charge in [-0.1, -0.05) is 47.5 Å². The Morgan fingerprint density at radius 2 is 2.10 bits per heavy atom. The van der Waals surface area contributed by atoms with E-state index in [4.69, 9.17) is 4.52 Å². The average molecular weight is 325 g/mol. The van der Waals surface area contributed by atoms with Crippen LogP contribution in [0.5, 0.6) is 0 Å². The Morgan fingerprint density at radius 1 is 1.29 bits per heavy atom. The van der Waals surface area contributed by atoms with E-state index in [9.17, 15) is 0 Å². The van der Waals surface area contributed by atoms with E-state index in [1.54, 1.807) is 23.1 Å². The van der Waals surface area contributed by atoms with Gasteiger partial charge in [0.15, 0.2) is 10.2 Å². The molecule has 21 heavy (non-hydrogen) atoms. The number of anilines is 1. The van der Waals surface area contributed by atoms with Gasteiger partial charge in [0.05, 0.1) is 5.25 Å². The van der Waals surface area contributed by atoms with Crippen LogP contribution >= 0.6 is 23.1 Å². The van der Waals surface area contributed by atoms with E-state index in [0.717, 1.165) is 9.47 Å². The van der Waals surface area contributed by atoms with E-state index in [2.05, 4.69) is 25.7 Å². The maximum atomic E-state index is 5.19. The molecule has 1 aliphatic carbocycles. The highest BCUT2D eigenvalue weighted by Gasteiger charge is 2.19. The quantitative estimate of drug-likeness (QED) is 0.837. The second kappa shape index (κ2) is 6.74. The lowest BCUT2D eigenvalue weighted by atomic mass is 9.96. The highest BCUT2D eigenvalue weighted by Crippen LogP contribution is 2.37. The summed E-state index contributed by atoms with van der Waals surface area (Å²) in [6.45, 7) is 3.86. The summed E-state index contributed by atoms with van der Waals surface area (Å²) in [6, 6.07) is 0.556. The number of nitrogens with one attached hydrogen (secondary N) is 1. The number of nitrogens with zero attached hydrogens (tertiary/aromatic N) is 4. The van der Waals surface area contributed by atoms with E-state index in [1.165, 1.54) is 32.1 Å². The van der Waals surface area contributed by atoms with E-state index in [0.29, 0.717) is 17.8 Å². The van der Waals surface area contributed by atoms with Gasteiger partial charge in [-0.15, -0.1) is 10.2 Å². The second-order valence-electron chi connectivity index (χ2n) is 5.29. The fraction of sp³-hybridized carbons (Fsp3) is 0.692. The van der Waals surface area contributed by atoms with Crippen LogP contribution in [0.4, 0.5) is 5.13 Å². The normalized spacial score (nSPS) is 17.8. The van der Waals surface area contributed by atoms with Crippen molar-refractivity contribution in [3.8, 4) is 0 Å². The molecule has 0 amide bonds. The molecule has 8 heteroatoms. The van der Waals surface area contributed by atoms with Crippen LogP contribution in [-0.4, -0.2) is 26.4 Å². The van der Waals surface area contributed by atoms with Crippen molar-refractivity contribution in [1.29, 1.82) is 0 Å². The smallest absolute Gasteiger partial charge is 0.239 e. The molecule has 0 spiro atoms. The second-order valence-corrected chi connectivity index (χ2v) is 7.86. The van der Waals surface area contributed by atoms with Gasteiger partial charge in [0, 0.05) is 6.04 Å². The fourth-order valence-electron chi connectivity index (χ4n) is 2.42. The van der Waals surface area contributed by atoms with Gasteiger partial charge in [-0.2, -0.15) is 4.98 Å². The number of hydrogen-bond acceptors (Lipinski definition) is 8. The first-order valence-electron chi connectivity index (χ1n) is 7.27. The minimum Gasteiger partial charge on any atom is -0.357 e. The lowest BCUT2D eigenvalue weighted by molar-refractivity contribution is 0.376. The first kappa shape index (κ1) is 14.8. The van der Waals surface area contributed by atoms with Crippen molar-refractivity contribution < 1.29 is 4.52 Å². The van der Waals surface area contributed by atoms with E-state index < -0.39 is 0 Å². The molecule has 2 heterocycles. The molecular formula is C13H19N5OS2. The molecule has 1 unspecified atom stereocenters. The van der Waals surface area contributed by atoms with E-state index in [1.807, 2.05) is 13.8 Å². The molecule has 1 saturated carbocycles. The van der Waals surface area contributed by atoms with E-state index in [-0.39, 0.29) is 5.25 Å². The van der Waals surface area contributed by atoms with Crippen LogP contribution < -0.4 is 5.32 Å². The summed E-state index contributed by atoms with van der Waals surface area (Å²) in [7, 11) is 0. The number of aromatic nitrogens is 4. The van der Waals surface area contributed by atoms with Gasteiger partial charge < -0.3 is 9.84 Å². The van der Waals surface area contributed by atoms with Crippen molar-refractivity contribution >= 4 is 28.2 Å². The topological polar surface area (TPSA) is 76.7 Å². The molecule has 0 aliphatic heterocycles. The van der Waals surface area contributed by atoms with Crippen LogP contribution in [0.25, 0.3) is 0 Å². The van der Waals surface area contributed by atoms with Gasteiger partial charge in [0.25, 0.3) is 0 Å². The van der Waals surface area contributed by atoms with Crippen LogP contribution in [0.1, 0.15) is 56.0 Å². The summed E-state index contributed by atoms with van der Waals surface area (Å²) < 4.78 is 6.11. The molecule has 2 aromatic heterocycles. The number of thioether (sulfide) groups is 1. The summed E-state index contributed by atoms with van der Waals surface area (Å²) >= 11 is 3.20. The lowest BCUT2D eigenvalue weighted by Crippen LogP contribution is -2.21. The Labute approximate surface area is 132 Å². The summed E-state index contributed by atoms with van der Waals surface area (Å²) in [5.74, 6) is 1.30. The zero-order valence-electron chi connectivity index (χ0n) is 12.2. The third-order valence-corrected chi connectivity index (χ3v) is 5.53.